The maximum absolute atomic E-state index is 5.56. The van der Waals surface area contributed by atoms with Crippen molar-refractivity contribution in [2.45, 2.75) is 31.9 Å². The minimum atomic E-state index is 0.301. The van der Waals surface area contributed by atoms with Crippen molar-refractivity contribution < 1.29 is 4.74 Å². The second-order valence-corrected chi connectivity index (χ2v) is 4.02. The van der Waals surface area contributed by atoms with Crippen LogP contribution in [-0.4, -0.2) is 24.2 Å². The molecule has 2 heterocycles. The van der Waals surface area contributed by atoms with Crippen molar-refractivity contribution in [2.75, 3.05) is 13.2 Å². The highest BCUT2D eigenvalue weighted by atomic mass is 16.5. The molecule has 0 amide bonds. The number of ether oxygens (including phenoxy) is 1. The van der Waals surface area contributed by atoms with E-state index >= 15 is 0 Å². The van der Waals surface area contributed by atoms with E-state index in [4.69, 9.17) is 4.74 Å². The van der Waals surface area contributed by atoms with Crippen LogP contribution in [0.5, 0.6) is 0 Å². The lowest BCUT2D eigenvalue weighted by Crippen LogP contribution is -2.29. The lowest BCUT2D eigenvalue weighted by atomic mass is 10.2. The summed E-state index contributed by atoms with van der Waals surface area (Å²) in [7, 11) is 0. The van der Waals surface area contributed by atoms with Crippen LogP contribution in [0.25, 0.3) is 0 Å². The zero-order valence-corrected chi connectivity index (χ0v) is 9.15. The van der Waals surface area contributed by atoms with Crippen LogP contribution in [0.15, 0.2) is 24.4 Å². The fourth-order valence-electron chi connectivity index (χ4n) is 1.85. The molecule has 0 aliphatic carbocycles. The summed E-state index contributed by atoms with van der Waals surface area (Å²) in [5.41, 5.74) is 1.09. The van der Waals surface area contributed by atoms with Crippen LogP contribution in [0, 0.1) is 0 Å². The number of pyridine rings is 1. The predicted octanol–water partition coefficient (Wildman–Crippen LogP) is 1.91. The van der Waals surface area contributed by atoms with E-state index < -0.39 is 0 Å². The topological polar surface area (TPSA) is 34.1 Å². The molecule has 0 spiro atoms. The van der Waals surface area contributed by atoms with E-state index in [0.717, 1.165) is 18.8 Å². The van der Waals surface area contributed by atoms with Gasteiger partial charge < -0.3 is 10.1 Å². The number of nitrogens with zero attached hydrogens (tertiary/aromatic N) is 1. The van der Waals surface area contributed by atoms with Gasteiger partial charge in [-0.3, -0.25) is 4.98 Å². The summed E-state index contributed by atoms with van der Waals surface area (Å²) in [5.74, 6) is 0. The Labute approximate surface area is 90.9 Å². The summed E-state index contributed by atoms with van der Waals surface area (Å²) in [6, 6.07) is 6.31. The quantitative estimate of drug-likeness (QED) is 0.817. The molecule has 1 aliphatic heterocycles. The molecule has 1 aromatic rings. The van der Waals surface area contributed by atoms with Crippen molar-refractivity contribution >= 4 is 0 Å². The third kappa shape index (κ3) is 3.01. The van der Waals surface area contributed by atoms with Crippen LogP contribution in [0.3, 0.4) is 0 Å². The first-order valence-corrected chi connectivity index (χ1v) is 5.62. The van der Waals surface area contributed by atoms with E-state index in [1.165, 1.54) is 12.8 Å². The number of aromatic nitrogens is 1. The van der Waals surface area contributed by atoms with Gasteiger partial charge in [0.2, 0.25) is 0 Å². The Hall–Kier alpha value is -0.930. The van der Waals surface area contributed by atoms with Crippen LogP contribution in [0.4, 0.5) is 0 Å². The average molecular weight is 206 g/mol. The largest absolute Gasteiger partial charge is 0.377 e. The van der Waals surface area contributed by atoms with Gasteiger partial charge in [0.25, 0.3) is 0 Å². The Morgan fingerprint density at radius 1 is 1.60 bits per heavy atom. The van der Waals surface area contributed by atoms with E-state index in [2.05, 4.69) is 17.2 Å². The summed E-state index contributed by atoms with van der Waals surface area (Å²) >= 11 is 0. The van der Waals surface area contributed by atoms with Crippen molar-refractivity contribution in [3.05, 3.63) is 30.1 Å². The normalized spacial score (nSPS) is 22.9. The molecule has 1 N–H and O–H groups in total. The molecule has 1 fully saturated rings. The van der Waals surface area contributed by atoms with Gasteiger partial charge in [0.15, 0.2) is 0 Å². The molecule has 3 nitrogen and oxygen atoms in total. The molecule has 1 saturated heterocycles. The molecule has 3 heteroatoms. The van der Waals surface area contributed by atoms with Crippen molar-refractivity contribution in [1.29, 1.82) is 0 Å². The summed E-state index contributed by atoms with van der Waals surface area (Å²) in [5, 5.41) is 3.45. The first-order chi connectivity index (χ1) is 7.36. The van der Waals surface area contributed by atoms with Gasteiger partial charge in [0.1, 0.15) is 0 Å². The minimum absolute atomic E-state index is 0.301. The smallest absolute Gasteiger partial charge is 0.0700 e. The van der Waals surface area contributed by atoms with Gasteiger partial charge in [-0.25, -0.2) is 0 Å². The summed E-state index contributed by atoms with van der Waals surface area (Å²) in [4.78, 5) is 4.32. The third-order valence-corrected chi connectivity index (χ3v) is 2.81. The molecule has 2 atom stereocenters. The summed E-state index contributed by atoms with van der Waals surface area (Å²) in [6.45, 7) is 3.99. The van der Waals surface area contributed by atoms with Crippen LogP contribution in [-0.2, 0) is 4.74 Å². The highest BCUT2D eigenvalue weighted by molar-refractivity contribution is 5.07. The van der Waals surface area contributed by atoms with Gasteiger partial charge in [-0.1, -0.05) is 6.07 Å². The van der Waals surface area contributed by atoms with Crippen molar-refractivity contribution in [1.82, 2.24) is 10.3 Å². The first-order valence-electron chi connectivity index (χ1n) is 5.62. The zero-order valence-electron chi connectivity index (χ0n) is 9.15. The standard InChI is InChI=1S/C12H18N2O/c1-10(12-6-2-3-7-13-12)14-9-11-5-4-8-15-11/h2-3,6-7,10-11,14H,4-5,8-9H2,1H3/t10-,11+/m0/s1. The van der Waals surface area contributed by atoms with Gasteiger partial charge in [0, 0.05) is 25.4 Å². The fraction of sp³-hybridized carbons (Fsp3) is 0.583. The number of nitrogens with one attached hydrogen (secondary N) is 1. The fourth-order valence-corrected chi connectivity index (χ4v) is 1.85. The predicted molar refractivity (Wildman–Crippen MR) is 59.6 cm³/mol. The van der Waals surface area contributed by atoms with Crippen molar-refractivity contribution in [3.8, 4) is 0 Å². The first kappa shape index (κ1) is 10.6. The summed E-state index contributed by atoms with van der Waals surface area (Å²) < 4.78 is 5.56. The molecule has 0 radical (unpaired) electrons. The SMILES string of the molecule is C[C@H](NC[C@H]1CCCO1)c1ccccn1. The van der Waals surface area contributed by atoms with Crippen molar-refractivity contribution in [2.24, 2.45) is 0 Å². The molecule has 0 unspecified atom stereocenters. The van der Waals surface area contributed by atoms with Crippen molar-refractivity contribution in [3.63, 3.8) is 0 Å². The van der Waals surface area contributed by atoms with Gasteiger partial charge in [-0.05, 0) is 31.9 Å². The van der Waals surface area contributed by atoms with Crippen LogP contribution < -0.4 is 5.32 Å². The monoisotopic (exact) mass is 206 g/mol. The maximum Gasteiger partial charge on any atom is 0.0700 e. The second kappa shape index (κ2) is 5.24. The lowest BCUT2D eigenvalue weighted by Gasteiger charge is -2.16. The van der Waals surface area contributed by atoms with Gasteiger partial charge in [-0.15, -0.1) is 0 Å². The molecule has 2 rings (SSSR count). The Morgan fingerprint density at radius 2 is 2.53 bits per heavy atom. The number of hydrogen-bond donors (Lipinski definition) is 1. The number of rotatable bonds is 4. The molecule has 1 aromatic heterocycles. The molecule has 1 aliphatic rings. The van der Waals surface area contributed by atoms with Crippen LogP contribution in [0.2, 0.25) is 0 Å². The Kier molecular flexibility index (Phi) is 3.69. The number of hydrogen-bond acceptors (Lipinski definition) is 3. The highest BCUT2D eigenvalue weighted by Crippen LogP contribution is 2.13. The Bertz CT molecular complexity index is 283. The second-order valence-electron chi connectivity index (χ2n) is 4.02. The van der Waals surface area contributed by atoms with Crippen LogP contribution in [0.1, 0.15) is 31.5 Å². The molecule has 82 valence electrons. The molecule has 0 saturated carbocycles. The molecular weight excluding hydrogens is 188 g/mol. The van der Waals surface area contributed by atoms with Crippen LogP contribution >= 0.6 is 0 Å². The molecule has 15 heavy (non-hydrogen) atoms. The van der Waals surface area contributed by atoms with E-state index in [1.54, 1.807) is 0 Å². The Balaban J connectivity index is 1.79. The summed E-state index contributed by atoms with van der Waals surface area (Å²) in [6.07, 6.45) is 4.61. The molecule has 0 bridgehead atoms. The lowest BCUT2D eigenvalue weighted by molar-refractivity contribution is 0.108. The van der Waals surface area contributed by atoms with E-state index in [-0.39, 0.29) is 0 Å². The van der Waals surface area contributed by atoms with E-state index in [0.29, 0.717) is 12.1 Å². The Morgan fingerprint density at radius 3 is 3.20 bits per heavy atom. The molecular formula is C12H18N2O. The maximum atomic E-state index is 5.56. The minimum Gasteiger partial charge on any atom is -0.377 e. The average Bonchev–Trinajstić information content (AvgIpc) is 2.80. The van der Waals surface area contributed by atoms with Gasteiger partial charge in [0.05, 0.1) is 11.8 Å². The highest BCUT2D eigenvalue weighted by Gasteiger charge is 2.16. The zero-order chi connectivity index (χ0) is 10.5. The van der Waals surface area contributed by atoms with E-state index in [1.807, 2.05) is 24.4 Å². The third-order valence-electron chi connectivity index (χ3n) is 2.81. The van der Waals surface area contributed by atoms with Gasteiger partial charge in [-0.2, -0.15) is 0 Å². The van der Waals surface area contributed by atoms with E-state index in [9.17, 15) is 0 Å². The molecule has 0 aromatic carbocycles. The van der Waals surface area contributed by atoms with Gasteiger partial charge >= 0.3 is 0 Å².